The number of halogens is 1. The van der Waals surface area contributed by atoms with Gasteiger partial charge in [-0.25, -0.2) is 0 Å². The van der Waals surface area contributed by atoms with Crippen LogP contribution in [0.5, 0.6) is 0 Å². The van der Waals surface area contributed by atoms with Gasteiger partial charge in [-0.15, -0.1) is 0 Å². The van der Waals surface area contributed by atoms with Gasteiger partial charge in [-0.2, -0.15) is 0 Å². The third-order valence-electron chi connectivity index (χ3n) is 4.83. The van der Waals surface area contributed by atoms with E-state index in [1.54, 1.807) is 7.11 Å². The molecule has 1 aromatic rings. The number of ether oxygens (including phenoxy) is 1. The molecule has 1 aromatic carbocycles. The third kappa shape index (κ3) is 3.62. The number of nitrogens with zero attached hydrogens (tertiary/aromatic N) is 2. The molecule has 3 rings (SSSR count). The first-order valence-electron chi connectivity index (χ1n) is 8.14. The molecule has 126 valence electrons. The Kier molecular flexibility index (Phi) is 5.09. The summed E-state index contributed by atoms with van der Waals surface area (Å²) in [6.45, 7) is 6.03. The van der Waals surface area contributed by atoms with E-state index in [0.29, 0.717) is 0 Å². The summed E-state index contributed by atoms with van der Waals surface area (Å²) in [6.07, 6.45) is 0.919. The molecule has 0 bridgehead atoms. The van der Waals surface area contributed by atoms with Gasteiger partial charge in [0.05, 0.1) is 12.1 Å². The van der Waals surface area contributed by atoms with Crippen LogP contribution in [0.4, 0.5) is 5.69 Å². The van der Waals surface area contributed by atoms with Gasteiger partial charge in [0.1, 0.15) is 0 Å². The van der Waals surface area contributed by atoms with Crippen molar-refractivity contribution in [1.29, 1.82) is 0 Å². The molecular weight excluding hydrogens is 314 g/mol. The second-order valence-electron chi connectivity index (χ2n) is 6.30. The number of amides is 1. The zero-order valence-corrected chi connectivity index (χ0v) is 14.5. The fourth-order valence-corrected chi connectivity index (χ4v) is 3.55. The molecule has 5 nitrogen and oxygen atoms in total. The molecule has 0 unspecified atom stereocenters. The molecule has 0 spiro atoms. The fraction of sp³-hybridized carbons (Fsp3) is 0.588. The number of benzene rings is 1. The molecule has 1 N–H and O–H groups in total. The largest absolute Gasteiger partial charge is 0.380 e. The number of hydrogen-bond donors (Lipinski definition) is 1. The topological polar surface area (TPSA) is 44.8 Å². The highest BCUT2D eigenvalue weighted by molar-refractivity contribution is 6.30. The number of anilines is 1. The Labute approximate surface area is 142 Å². The van der Waals surface area contributed by atoms with Crippen molar-refractivity contribution in [2.45, 2.75) is 25.5 Å². The molecule has 2 saturated heterocycles. The van der Waals surface area contributed by atoms with Crippen LogP contribution in [0.1, 0.15) is 12.0 Å². The number of hydrogen-bond acceptors (Lipinski definition) is 4. The minimum Gasteiger partial charge on any atom is -0.380 e. The van der Waals surface area contributed by atoms with Crippen LogP contribution in [0.25, 0.3) is 0 Å². The van der Waals surface area contributed by atoms with Crippen LogP contribution in [-0.4, -0.2) is 62.8 Å². The summed E-state index contributed by atoms with van der Waals surface area (Å²) >= 11 is 6.12. The van der Waals surface area contributed by atoms with E-state index in [0.717, 1.165) is 44.2 Å². The Bertz CT molecular complexity index is 573. The van der Waals surface area contributed by atoms with Crippen molar-refractivity contribution in [3.05, 3.63) is 28.8 Å². The van der Waals surface area contributed by atoms with Crippen LogP contribution in [0.15, 0.2) is 18.2 Å². The highest BCUT2D eigenvalue weighted by Gasteiger charge is 2.33. The lowest BCUT2D eigenvalue weighted by atomic mass is 10.1. The van der Waals surface area contributed by atoms with Crippen molar-refractivity contribution in [2.75, 3.05) is 44.7 Å². The average Bonchev–Trinajstić information content (AvgIpc) is 3.06. The van der Waals surface area contributed by atoms with Crippen molar-refractivity contribution in [3.8, 4) is 0 Å². The van der Waals surface area contributed by atoms with Crippen LogP contribution in [0.2, 0.25) is 5.02 Å². The van der Waals surface area contributed by atoms with E-state index in [4.69, 9.17) is 16.3 Å². The number of piperazine rings is 1. The Morgan fingerprint density at radius 2 is 2.04 bits per heavy atom. The molecule has 6 heteroatoms. The third-order valence-corrected chi connectivity index (χ3v) is 5.06. The lowest BCUT2D eigenvalue weighted by Crippen LogP contribution is -2.53. The Morgan fingerprint density at radius 3 is 2.70 bits per heavy atom. The van der Waals surface area contributed by atoms with Gasteiger partial charge in [0.15, 0.2) is 0 Å². The molecule has 2 atom stereocenters. The quantitative estimate of drug-likeness (QED) is 0.911. The minimum atomic E-state index is -0.0978. The van der Waals surface area contributed by atoms with Crippen molar-refractivity contribution < 1.29 is 9.53 Å². The highest BCUT2D eigenvalue weighted by Crippen LogP contribution is 2.25. The van der Waals surface area contributed by atoms with Crippen molar-refractivity contribution in [2.24, 2.45) is 0 Å². The molecule has 2 heterocycles. The van der Waals surface area contributed by atoms with Gasteiger partial charge in [-0.05, 0) is 31.0 Å². The van der Waals surface area contributed by atoms with Crippen molar-refractivity contribution in [1.82, 2.24) is 10.2 Å². The molecule has 1 amide bonds. The standard InChI is InChI=1S/C17H24ClN3O2/c1-12-3-4-13(18)9-16(12)20-5-7-21(8-6-20)17(22)15-10-14(23-2)11-19-15/h3-4,9,14-15,19H,5-8,10-11H2,1-2H3/t14-,15-/m0/s1. The second kappa shape index (κ2) is 7.07. The molecule has 2 aliphatic heterocycles. The predicted octanol–water partition coefficient (Wildman–Crippen LogP) is 1.67. The molecule has 0 aliphatic carbocycles. The van der Waals surface area contributed by atoms with Gasteiger partial charge in [0.25, 0.3) is 0 Å². The first kappa shape index (κ1) is 16.6. The maximum Gasteiger partial charge on any atom is 0.239 e. The van der Waals surface area contributed by atoms with E-state index in [1.165, 1.54) is 11.3 Å². The van der Waals surface area contributed by atoms with E-state index in [1.807, 2.05) is 23.1 Å². The molecular formula is C17H24ClN3O2. The van der Waals surface area contributed by atoms with E-state index in [-0.39, 0.29) is 18.1 Å². The van der Waals surface area contributed by atoms with Gasteiger partial charge in [0.2, 0.25) is 5.91 Å². The lowest BCUT2D eigenvalue weighted by molar-refractivity contribution is -0.133. The zero-order chi connectivity index (χ0) is 16.4. The summed E-state index contributed by atoms with van der Waals surface area (Å²) < 4.78 is 5.32. The molecule has 0 aromatic heterocycles. The van der Waals surface area contributed by atoms with E-state index in [9.17, 15) is 4.79 Å². The number of aryl methyl sites for hydroxylation is 1. The Hall–Kier alpha value is -1.30. The van der Waals surface area contributed by atoms with Crippen LogP contribution in [0.3, 0.4) is 0 Å². The maximum absolute atomic E-state index is 12.6. The van der Waals surface area contributed by atoms with Gasteiger partial charge in [0, 0.05) is 50.5 Å². The Morgan fingerprint density at radius 1 is 1.30 bits per heavy atom. The highest BCUT2D eigenvalue weighted by atomic mass is 35.5. The summed E-state index contributed by atoms with van der Waals surface area (Å²) in [6, 6.07) is 5.87. The van der Waals surface area contributed by atoms with Crippen LogP contribution < -0.4 is 10.2 Å². The van der Waals surface area contributed by atoms with Gasteiger partial charge >= 0.3 is 0 Å². The SMILES string of the molecule is CO[C@@H]1CN[C@H](C(=O)N2CCN(c3cc(Cl)ccc3C)CC2)C1. The minimum absolute atomic E-state index is 0.0978. The van der Waals surface area contributed by atoms with Crippen LogP contribution in [-0.2, 0) is 9.53 Å². The number of nitrogens with one attached hydrogen (secondary N) is 1. The summed E-state index contributed by atoms with van der Waals surface area (Å²) in [5.74, 6) is 0.201. The number of carbonyl (C=O) groups excluding carboxylic acids is 1. The zero-order valence-electron chi connectivity index (χ0n) is 13.7. The van der Waals surface area contributed by atoms with Crippen LogP contribution in [0, 0.1) is 6.92 Å². The molecule has 0 radical (unpaired) electrons. The van der Waals surface area contributed by atoms with E-state index < -0.39 is 0 Å². The summed E-state index contributed by atoms with van der Waals surface area (Å²) in [5, 5.41) is 4.02. The number of rotatable bonds is 3. The summed E-state index contributed by atoms with van der Waals surface area (Å²) in [5.41, 5.74) is 2.39. The summed E-state index contributed by atoms with van der Waals surface area (Å²) in [4.78, 5) is 16.9. The van der Waals surface area contributed by atoms with E-state index >= 15 is 0 Å². The van der Waals surface area contributed by atoms with E-state index in [2.05, 4.69) is 17.1 Å². The normalized spacial score (nSPS) is 25.0. The van der Waals surface area contributed by atoms with Crippen LogP contribution >= 0.6 is 11.6 Å². The van der Waals surface area contributed by atoms with Gasteiger partial charge < -0.3 is 19.9 Å². The molecule has 2 aliphatic rings. The predicted molar refractivity (Wildman–Crippen MR) is 92.2 cm³/mol. The van der Waals surface area contributed by atoms with Crippen molar-refractivity contribution in [3.63, 3.8) is 0 Å². The lowest BCUT2D eigenvalue weighted by Gasteiger charge is -2.37. The second-order valence-corrected chi connectivity index (χ2v) is 6.73. The number of methoxy groups -OCH3 is 1. The molecule has 2 fully saturated rings. The Balaban J connectivity index is 1.58. The van der Waals surface area contributed by atoms with Gasteiger partial charge in [-0.1, -0.05) is 17.7 Å². The summed E-state index contributed by atoms with van der Waals surface area (Å²) in [7, 11) is 1.70. The fourth-order valence-electron chi connectivity index (χ4n) is 3.38. The monoisotopic (exact) mass is 337 g/mol. The molecule has 0 saturated carbocycles. The van der Waals surface area contributed by atoms with Gasteiger partial charge in [-0.3, -0.25) is 4.79 Å². The number of carbonyl (C=O) groups is 1. The first-order chi connectivity index (χ1) is 11.1. The smallest absolute Gasteiger partial charge is 0.239 e. The first-order valence-corrected chi connectivity index (χ1v) is 8.52. The van der Waals surface area contributed by atoms with Crippen molar-refractivity contribution >= 4 is 23.2 Å². The average molecular weight is 338 g/mol. The maximum atomic E-state index is 12.6. The molecule has 23 heavy (non-hydrogen) atoms.